The Bertz CT molecular complexity index is 1140. The van der Waals surface area contributed by atoms with Gasteiger partial charge in [0.05, 0.1) is 23.8 Å². The zero-order chi connectivity index (χ0) is 25.9. The average molecular weight is 474 g/mol. The van der Waals surface area contributed by atoms with Gasteiger partial charge >= 0.3 is 0 Å². The van der Waals surface area contributed by atoms with E-state index in [0.29, 0.717) is 11.1 Å². The molecule has 0 saturated carbocycles. The molecule has 0 radical (unpaired) electrons. The lowest BCUT2D eigenvalue weighted by Gasteiger charge is -2.52. The second kappa shape index (κ2) is 8.46. The first-order valence-corrected chi connectivity index (χ1v) is 10.7. The van der Waals surface area contributed by atoms with Gasteiger partial charge in [0, 0.05) is 11.5 Å². The molecule has 10 heteroatoms. The third-order valence-electron chi connectivity index (χ3n) is 7.22. The fraction of sp³-hybridized carbons (Fsp3) is 0.417. The van der Waals surface area contributed by atoms with Gasteiger partial charge in [0.25, 0.3) is 5.91 Å². The zero-order valence-corrected chi connectivity index (χ0v) is 19.5. The highest BCUT2D eigenvalue weighted by Crippen LogP contribution is 2.52. The molecule has 34 heavy (non-hydrogen) atoms. The Balaban J connectivity index is 2.27. The number of nitrogens with two attached hydrogens (primary N) is 2. The predicted octanol–water partition coefficient (Wildman–Crippen LogP) is 0.701. The summed E-state index contributed by atoms with van der Waals surface area (Å²) in [4.78, 5) is 26.6. The van der Waals surface area contributed by atoms with Crippen molar-refractivity contribution >= 4 is 23.5 Å². The van der Waals surface area contributed by atoms with Crippen molar-refractivity contribution in [3.8, 4) is 5.75 Å². The van der Waals surface area contributed by atoms with Gasteiger partial charge in [0.2, 0.25) is 5.78 Å². The van der Waals surface area contributed by atoms with Crippen LogP contribution in [0.3, 0.4) is 0 Å². The summed E-state index contributed by atoms with van der Waals surface area (Å²) >= 11 is 0. The van der Waals surface area contributed by atoms with Crippen LogP contribution >= 0.6 is 0 Å². The van der Waals surface area contributed by atoms with Crippen LogP contribution in [0.15, 0.2) is 41.4 Å². The van der Waals surface area contributed by atoms with E-state index in [-0.39, 0.29) is 17.0 Å². The normalized spacial score (nSPS) is 30.4. The fourth-order valence-electron chi connectivity index (χ4n) is 5.56. The van der Waals surface area contributed by atoms with Gasteiger partial charge in [-0.15, -0.1) is 0 Å². The van der Waals surface area contributed by atoms with Crippen LogP contribution in [0.1, 0.15) is 30.9 Å². The number of phenols is 1. The number of anilines is 1. The van der Waals surface area contributed by atoms with Crippen LogP contribution in [0.2, 0.25) is 0 Å². The highest BCUT2D eigenvalue weighted by Gasteiger charge is 2.65. The second-order valence-corrected chi connectivity index (χ2v) is 9.20. The molecule has 1 amide bonds. The number of aliphatic hydroxyl groups excluding tert-OH is 3. The molecule has 2 aliphatic rings. The van der Waals surface area contributed by atoms with Gasteiger partial charge in [-0.1, -0.05) is 25.6 Å². The van der Waals surface area contributed by atoms with Gasteiger partial charge in [0.15, 0.2) is 5.60 Å². The Labute approximate surface area is 197 Å². The number of primary amides is 1. The van der Waals surface area contributed by atoms with E-state index in [4.69, 9.17) is 11.5 Å². The van der Waals surface area contributed by atoms with E-state index in [0.717, 1.165) is 0 Å². The minimum Gasteiger partial charge on any atom is -0.510 e. The predicted molar refractivity (Wildman–Crippen MR) is 126 cm³/mol. The number of aromatic hydroxyl groups is 1. The van der Waals surface area contributed by atoms with Crippen molar-refractivity contribution in [2.45, 2.75) is 37.5 Å². The summed E-state index contributed by atoms with van der Waals surface area (Å²) in [6, 6.07) is 1.94. The molecule has 0 heterocycles. The second-order valence-electron chi connectivity index (χ2n) is 9.20. The Kier molecular flexibility index (Phi) is 6.29. The van der Waals surface area contributed by atoms with Crippen molar-refractivity contribution in [2.24, 2.45) is 17.6 Å². The molecule has 1 aromatic carbocycles. The maximum absolute atomic E-state index is 13.2. The number of fused-ring (bicyclic) bond motifs is 1. The van der Waals surface area contributed by atoms with Crippen molar-refractivity contribution in [1.29, 1.82) is 0 Å². The number of Topliss-reactive ketones (excluding diaryl/α,β-unsaturated/α-hetero) is 1. The number of amides is 1. The number of hydrogen-bond acceptors (Lipinski definition) is 9. The number of phenolic OH excluding ortho intramolecular Hbond substituents is 1. The number of carbonyl (C=O) groups excluding carboxylic acids is 2. The van der Waals surface area contributed by atoms with Crippen molar-refractivity contribution in [3.63, 3.8) is 0 Å². The summed E-state index contributed by atoms with van der Waals surface area (Å²) in [6.45, 7) is 6.92. The topological polar surface area (TPSA) is 191 Å². The number of aliphatic hydroxyl groups is 4. The van der Waals surface area contributed by atoms with Crippen LogP contribution in [-0.4, -0.2) is 74.0 Å². The van der Waals surface area contributed by atoms with E-state index in [1.165, 1.54) is 38.1 Å². The van der Waals surface area contributed by atoms with Crippen LogP contribution in [0.5, 0.6) is 5.75 Å². The lowest BCUT2D eigenvalue weighted by atomic mass is 9.58. The van der Waals surface area contributed by atoms with Gasteiger partial charge in [0.1, 0.15) is 22.8 Å². The maximum Gasteiger partial charge on any atom is 0.255 e. The van der Waals surface area contributed by atoms with Crippen molar-refractivity contribution in [1.82, 2.24) is 4.90 Å². The molecule has 2 unspecified atom stereocenters. The molecule has 1 aromatic rings. The smallest absolute Gasteiger partial charge is 0.255 e. The van der Waals surface area contributed by atoms with Gasteiger partial charge in [-0.05, 0) is 44.1 Å². The molecule has 2 aliphatic carbocycles. The highest BCUT2D eigenvalue weighted by atomic mass is 16.4. The lowest BCUT2D eigenvalue weighted by Crippen LogP contribution is -2.67. The Hall–Kier alpha value is -3.34. The summed E-state index contributed by atoms with van der Waals surface area (Å²) in [6.07, 6.45) is -0.0520. The zero-order valence-electron chi connectivity index (χ0n) is 19.5. The summed E-state index contributed by atoms with van der Waals surface area (Å²) in [5.74, 6) is -6.99. The fourth-order valence-corrected chi connectivity index (χ4v) is 5.56. The minimum absolute atomic E-state index is 0.112. The molecule has 0 aromatic heterocycles. The van der Waals surface area contributed by atoms with E-state index in [1.807, 2.05) is 0 Å². The van der Waals surface area contributed by atoms with E-state index in [1.54, 1.807) is 13.0 Å². The number of carbonyl (C=O) groups is 2. The average Bonchev–Trinajstić information content (AvgIpc) is 2.75. The van der Waals surface area contributed by atoms with Gasteiger partial charge in [-0.25, -0.2) is 0 Å². The molecule has 184 valence electrons. The molecule has 0 fully saturated rings. The molecule has 0 spiro atoms. The maximum atomic E-state index is 13.2. The summed E-state index contributed by atoms with van der Waals surface area (Å²) in [5, 5.41) is 55.4. The van der Waals surface area contributed by atoms with Crippen molar-refractivity contribution in [3.05, 3.63) is 52.5 Å². The standard InChI is InChI=1S/C24H31N3O7/c1-6-11-12(7-8-13(25)18(11)28)9(2)14-10(3)21(31)24(34)16(19(14)29)17(27(4)5)20(30)15(22(24)32)23(26)33/h6-9,14,16-17,19,28-31,34H,1,25H2,2-5H3,(H2,26,33)/t9-,14?,16?,17-,19-,24-/m0/s1. The van der Waals surface area contributed by atoms with Crippen LogP contribution in [0.4, 0.5) is 5.69 Å². The van der Waals surface area contributed by atoms with E-state index in [9.17, 15) is 35.1 Å². The quantitative estimate of drug-likeness (QED) is 0.183. The molecule has 10 nitrogen and oxygen atoms in total. The number of rotatable bonds is 5. The molecule has 6 atom stereocenters. The monoisotopic (exact) mass is 473 g/mol. The van der Waals surface area contributed by atoms with E-state index in [2.05, 4.69) is 6.58 Å². The molecular formula is C24H31N3O7. The summed E-state index contributed by atoms with van der Waals surface area (Å²) < 4.78 is 0. The van der Waals surface area contributed by atoms with Gasteiger partial charge < -0.3 is 37.0 Å². The number of ketones is 1. The minimum atomic E-state index is -2.68. The van der Waals surface area contributed by atoms with Crippen LogP contribution in [0.25, 0.3) is 6.08 Å². The first kappa shape index (κ1) is 25.3. The van der Waals surface area contributed by atoms with Crippen LogP contribution in [-0.2, 0) is 9.59 Å². The van der Waals surface area contributed by atoms with Crippen molar-refractivity contribution in [2.75, 3.05) is 19.8 Å². The Morgan fingerprint density at radius 3 is 2.35 bits per heavy atom. The molecule has 0 bridgehead atoms. The van der Waals surface area contributed by atoms with Crippen LogP contribution < -0.4 is 11.5 Å². The number of hydrogen-bond donors (Lipinski definition) is 7. The lowest BCUT2D eigenvalue weighted by molar-refractivity contribution is -0.162. The molecule has 0 saturated heterocycles. The SMILES string of the molecule is C=Cc1c([C@H](C)C2C(C)=C(O)[C@]3(O)C(=O)C(C(N)=O)=C(O)[C@@H](N(C)C)C3[C@H]2O)ccc(N)c1O. The third-order valence-corrected chi connectivity index (χ3v) is 7.22. The van der Waals surface area contributed by atoms with E-state index >= 15 is 0 Å². The Morgan fingerprint density at radius 1 is 1.26 bits per heavy atom. The number of likely N-dealkylation sites (N-methyl/N-ethyl adjacent to an activating group) is 1. The first-order valence-electron chi connectivity index (χ1n) is 10.7. The largest absolute Gasteiger partial charge is 0.510 e. The molecule has 3 rings (SSSR count). The van der Waals surface area contributed by atoms with Crippen LogP contribution in [0, 0.1) is 11.8 Å². The number of nitrogens with zero attached hydrogens (tertiary/aromatic N) is 1. The molecule has 9 N–H and O–H groups in total. The molecular weight excluding hydrogens is 442 g/mol. The highest BCUT2D eigenvalue weighted by molar-refractivity contribution is 6.24. The molecule has 0 aliphatic heterocycles. The Morgan fingerprint density at radius 2 is 1.85 bits per heavy atom. The van der Waals surface area contributed by atoms with Gasteiger partial charge in [-0.2, -0.15) is 0 Å². The van der Waals surface area contributed by atoms with E-state index < -0.39 is 64.3 Å². The van der Waals surface area contributed by atoms with Gasteiger partial charge in [-0.3, -0.25) is 14.5 Å². The number of nitrogen functional groups attached to an aromatic ring is 1. The number of benzene rings is 1. The van der Waals surface area contributed by atoms with Crippen molar-refractivity contribution < 1.29 is 35.1 Å². The summed E-state index contributed by atoms with van der Waals surface area (Å²) in [5.41, 5.74) is 8.75. The third kappa shape index (κ3) is 3.29. The first-order chi connectivity index (χ1) is 15.7. The summed E-state index contributed by atoms with van der Waals surface area (Å²) in [7, 11) is 3.05.